The molecular weight excluding hydrogens is 230 g/mol. The van der Waals surface area contributed by atoms with Crippen LogP contribution < -0.4 is 10.5 Å². The highest BCUT2D eigenvalue weighted by molar-refractivity contribution is 7.80. The van der Waals surface area contributed by atoms with E-state index in [0.717, 1.165) is 31.6 Å². The number of aryl methyl sites for hydroxylation is 2. The number of hydrogen-bond acceptors (Lipinski definition) is 2. The van der Waals surface area contributed by atoms with Crippen molar-refractivity contribution >= 4 is 17.2 Å². The number of rotatable bonds is 6. The van der Waals surface area contributed by atoms with Gasteiger partial charge in [-0.25, -0.2) is 0 Å². The van der Waals surface area contributed by atoms with E-state index in [1.54, 1.807) is 0 Å². The maximum atomic E-state index is 5.80. The fourth-order valence-corrected chi connectivity index (χ4v) is 1.88. The van der Waals surface area contributed by atoms with Gasteiger partial charge in [0, 0.05) is 0 Å². The average Bonchev–Trinajstić information content (AvgIpc) is 2.23. The highest BCUT2D eigenvalue weighted by Gasteiger charge is 2.03. The van der Waals surface area contributed by atoms with E-state index >= 15 is 0 Å². The molecule has 0 aliphatic carbocycles. The summed E-state index contributed by atoms with van der Waals surface area (Å²) >= 11 is 4.83. The lowest BCUT2D eigenvalue weighted by Gasteiger charge is -2.12. The smallest absolute Gasteiger partial charge is 0.122 e. The van der Waals surface area contributed by atoms with Crippen LogP contribution in [-0.2, 0) is 0 Å². The van der Waals surface area contributed by atoms with E-state index < -0.39 is 0 Å². The predicted octanol–water partition coefficient (Wildman–Crippen LogP) is 3.45. The molecule has 1 rings (SSSR count). The zero-order valence-electron chi connectivity index (χ0n) is 10.9. The molecule has 0 bridgehead atoms. The monoisotopic (exact) mass is 251 g/mol. The lowest BCUT2D eigenvalue weighted by molar-refractivity contribution is 0.305. The number of thiocarbonyl (C=S) groups is 1. The number of hydrogen-bond donors (Lipinski definition) is 1. The van der Waals surface area contributed by atoms with Crippen molar-refractivity contribution in [2.24, 2.45) is 5.73 Å². The molecule has 0 heterocycles. The summed E-state index contributed by atoms with van der Waals surface area (Å²) in [7, 11) is 0. The van der Waals surface area contributed by atoms with E-state index in [2.05, 4.69) is 32.9 Å². The molecule has 0 fully saturated rings. The fourth-order valence-electron chi connectivity index (χ4n) is 1.73. The van der Waals surface area contributed by atoms with Crippen molar-refractivity contribution < 1.29 is 4.74 Å². The van der Waals surface area contributed by atoms with E-state index in [1.165, 1.54) is 16.7 Å². The molecule has 2 N–H and O–H groups in total. The second kappa shape index (κ2) is 6.60. The Bertz CT molecular complexity index is 401. The van der Waals surface area contributed by atoms with Crippen LogP contribution in [0.1, 0.15) is 36.0 Å². The average molecular weight is 251 g/mol. The molecule has 0 spiro atoms. The van der Waals surface area contributed by atoms with E-state index in [-0.39, 0.29) is 0 Å². The Morgan fingerprint density at radius 2 is 1.94 bits per heavy atom. The summed E-state index contributed by atoms with van der Waals surface area (Å²) in [6.45, 7) is 7.03. The minimum absolute atomic E-state index is 0.590. The molecule has 0 unspecified atom stereocenters. The van der Waals surface area contributed by atoms with Gasteiger partial charge in [0.25, 0.3) is 0 Å². The Morgan fingerprint density at radius 1 is 1.24 bits per heavy atom. The van der Waals surface area contributed by atoms with Crippen LogP contribution in [0.25, 0.3) is 0 Å². The van der Waals surface area contributed by atoms with Gasteiger partial charge in [-0.1, -0.05) is 18.3 Å². The first kappa shape index (κ1) is 14.0. The Morgan fingerprint density at radius 3 is 2.59 bits per heavy atom. The van der Waals surface area contributed by atoms with Crippen LogP contribution in [-0.4, -0.2) is 11.6 Å². The molecule has 0 radical (unpaired) electrons. The Hall–Kier alpha value is -1.09. The van der Waals surface area contributed by atoms with Crippen molar-refractivity contribution in [1.82, 2.24) is 0 Å². The Labute approximate surface area is 109 Å². The van der Waals surface area contributed by atoms with Gasteiger partial charge in [0.15, 0.2) is 0 Å². The van der Waals surface area contributed by atoms with E-state index in [9.17, 15) is 0 Å². The maximum Gasteiger partial charge on any atom is 0.122 e. The third kappa shape index (κ3) is 4.73. The highest BCUT2D eigenvalue weighted by atomic mass is 32.1. The maximum absolute atomic E-state index is 5.80. The molecule has 0 saturated carbocycles. The lowest BCUT2D eigenvalue weighted by Crippen LogP contribution is -2.08. The van der Waals surface area contributed by atoms with E-state index in [1.807, 2.05) is 0 Å². The molecule has 94 valence electrons. The van der Waals surface area contributed by atoms with Crippen molar-refractivity contribution in [3.63, 3.8) is 0 Å². The van der Waals surface area contributed by atoms with E-state index in [0.29, 0.717) is 4.99 Å². The van der Waals surface area contributed by atoms with Crippen molar-refractivity contribution in [3.05, 3.63) is 28.8 Å². The molecule has 0 amide bonds. The topological polar surface area (TPSA) is 35.2 Å². The van der Waals surface area contributed by atoms with Gasteiger partial charge in [-0.3, -0.25) is 0 Å². The zero-order chi connectivity index (χ0) is 12.8. The number of ether oxygens (including phenoxy) is 1. The second-order valence-corrected chi connectivity index (χ2v) is 5.00. The lowest BCUT2D eigenvalue weighted by atomic mass is 10.1. The van der Waals surface area contributed by atoms with Crippen LogP contribution in [0.2, 0.25) is 0 Å². The van der Waals surface area contributed by atoms with Crippen molar-refractivity contribution in [2.75, 3.05) is 6.61 Å². The molecule has 0 aromatic heterocycles. The largest absolute Gasteiger partial charge is 0.493 e. The van der Waals surface area contributed by atoms with Gasteiger partial charge in [0.05, 0.1) is 11.6 Å². The van der Waals surface area contributed by atoms with Crippen molar-refractivity contribution in [3.8, 4) is 5.75 Å². The van der Waals surface area contributed by atoms with Crippen LogP contribution in [0.3, 0.4) is 0 Å². The van der Waals surface area contributed by atoms with Gasteiger partial charge >= 0.3 is 0 Å². The molecule has 0 atom stereocenters. The molecule has 3 heteroatoms. The summed E-state index contributed by atoms with van der Waals surface area (Å²) in [6.07, 6.45) is 2.80. The second-order valence-electron chi connectivity index (χ2n) is 4.48. The molecule has 0 aliphatic rings. The summed E-state index contributed by atoms with van der Waals surface area (Å²) in [5.41, 5.74) is 9.19. The van der Waals surface area contributed by atoms with Gasteiger partial charge in [0.2, 0.25) is 0 Å². The molecule has 0 aliphatic heterocycles. The molecule has 17 heavy (non-hydrogen) atoms. The first-order valence-electron chi connectivity index (χ1n) is 5.99. The summed E-state index contributed by atoms with van der Waals surface area (Å²) in [4.78, 5) is 0.590. The van der Waals surface area contributed by atoms with Crippen molar-refractivity contribution in [1.29, 1.82) is 0 Å². The standard InChI is InChI=1S/C14H21NOS/c1-10-8-11(2)12(3)13(9-10)16-7-5-4-6-14(15)17/h8-9H,4-7H2,1-3H3,(H2,15,17). The van der Waals surface area contributed by atoms with Crippen LogP contribution in [0.15, 0.2) is 12.1 Å². The molecule has 1 aromatic rings. The summed E-state index contributed by atoms with van der Waals surface area (Å²) in [6, 6.07) is 4.27. The third-order valence-corrected chi connectivity index (χ3v) is 3.04. The Kier molecular flexibility index (Phi) is 5.42. The summed E-state index contributed by atoms with van der Waals surface area (Å²) in [5.74, 6) is 0.998. The van der Waals surface area contributed by atoms with E-state index in [4.69, 9.17) is 22.7 Å². The van der Waals surface area contributed by atoms with Gasteiger partial charge in [0.1, 0.15) is 5.75 Å². The zero-order valence-corrected chi connectivity index (χ0v) is 11.7. The first-order chi connectivity index (χ1) is 8.00. The highest BCUT2D eigenvalue weighted by Crippen LogP contribution is 2.23. The normalized spacial score (nSPS) is 10.3. The molecule has 2 nitrogen and oxygen atoms in total. The Balaban J connectivity index is 2.44. The number of nitrogens with two attached hydrogens (primary N) is 1. The van der Waals surface area contributed by atoms with Gasteiger partial charge in [-0.2, -0.15) is 0 Å². The quantitative estimate of drug-likeness (QED) is 0.621. The molecule has 0 saturated heterocycles. The third-order valence-electron chi connectivity index (χ3n) is 2.84. The van der Waals surface area contributed by atoms with Crippen LogP contribution in [0.4, 0.5) is 0 Å². The fraction of sp³-hybridized carbons (Fsp3) is 0.500. The number of benzene rings is 1. The van der Waals surface area contributed by atoms with Gasteiger partial charge < -0.3 is 10.5 Å². The summed E-state index contributed by atoms with van der Waals surface area (Å²) < 4.78 is 5.80. The number of unbranched alkanes of at least 4 members (excludes halogenated alkanes) is 1. The minimum Gasteiger partial charge on any atom is -0.493 e. The van der Waals surface area contributed by atoms with Gasteiger partial charge in [-0.15, -0.1) is 0 Å². The van der Waals surface area contributed by atoms with Crippen LogP contribution >= 0.6 is 12.2 Å². The van der Waals surface area contributed by atoms with Crippen LogP contribution in [0, 0.1) is 20.8 Å². The summed E-state index contributed by atoms with van der Waals surface area (Å²) in [5, 5.41) is 0. The minimum atomic E-state index is 0.590. The molecule has 1 aromatic carbocycles. The first-order valence-corrected chi connectivity index (χ1v) is 6.40. The molecular formula is C14H21NOS. The SMILES string of the molecule is Cc1cc(C)c(C)c(OCCCCC(N)=S)c1. The van der Waals surface area contributed by atoms with Gasteiger partial charge in [-0.05, 0) is 62.8 Å². The van der Waals surface area contributed by atoms with Crippen molar-refractivity contribution in [2.45, 2.75) is 40.0 Å². The van der Waals surface area contributed by atoms with Crippen LogP contribution in [0.5, 0.6) is 5.75 Å². The predicted molar refractivity (Wildman–Crippen MR) is 76.8 cm³/mol.